The molecule has 0 aliphatic heterocycles. The quantitative estimate of drug-likeness (QED) is 0.759. The van der Waals surface area contributed by atoms with Gasteiger partial charge in [-0.25, -0.2) is 9.37 Å². The lowest BCUT2D eigenvalue weighted by Crippen LogP contribution is -1.88. The molecule has 0 bridgehead atoms. The molecule has 0 aliphatic rings. The number of aromatic nitrogens is 2. The minimum absolute atomic E-state index is 0.320. The molecule has 0 saturated carbocycles. The number of halogens is 1. The van der Waals surface area contributed by atoms with Gasteiger partial charge in [0, 0.05) is 5.56 Å². The first-order chi connectivity index (χ1) is 9.19. The minimum Gasteiger partial charge on any atom is -0.496 e. The van der Waals surface area contributed by atoms with Crippen molar-refractivity contribution in [3.05, 3.63) is 47.8 Å². The third-order valence-electron chi connectivity index (χ3n) is 3.14. The molecule has 3 aromatic rings. The molecule has 4 heteroatoms. The van der Waals surface area contributed by atoms with Crippen LogP contribution in [0.5, 0.6) is 5.75 Å². The fraction of sp³-hybridized carbons (Fsp3) is 0.133. The summed E-state index contributed by atoms with van der Waals surface area (Å²) >= 11 is 0. The average molecular weight is 256 g/mol. The van der Waals surface area contributed by atoms with Gasteiger partial charge in [0.25, 0.3) is 0 Å². The molecule has 3 rings (SSSR count). The van der Waals surface area contributed by atoms with Crippen LogP contribution in [0.2, 0.25) is 0 Å². The van der Waals surface area contributed by atoms with E-state index in [2.05, 4.69) is 9.97 Å². The molecule has 2 aromatic carbocycles. The summed E-state index contributed by atoms with van der Waals surface area (Å²) in [7, 11) is 1.63. The molecule has 0 fully saturated rings. The number of fused-ring (bicyclic) bond motifs is 1. The van der Waals surface area contributed by atoms with Crippen LogP contribution >= 0.6 is 0 Å². The molecular formula is C15H13FN2O. The van der Waals surface area contributed by atoms with Crippen molar-refractivity contribution in [3.63, 3.8) is 0 Å². The Hall–Kier alpha value is -2.36. The lowest BCUT2D eigenvalue weighted by atomic mass is 10.1. The number of para-hydroxylation sites is 1. The second kappa shape index (κ2) is 4.39. The summed E-state index contributed by atoms with van der Waals surface area (Å²) in [6.07, 6.45) is 0. The van der Waals surface area contributed by atoms with Gasteiger partial charge in [0.15, 0.2) is 5.82 Å². The molecule has 3 nitrogen and oxygen atoms in total. The molecule has 1 aromatic heterocycles. The Labute approximate surface area is 110 Å². The Balaban J connectivity index is 2.16. The SMILES string of the molecule is COc1cc(-c2nc3c(F)cccc3[nH]2)ccc1C. The largest absolute Gasteiger partial charge is 0.496 e. The third kappa shape index (κ3) is 1.95. The van der Waals surface area contributed by atoms with Gasteiger partial charge in [-0.2, -0.15) is 0 Å². The highest BCUT2D eigenvalue weighted by Gasteiger charge is 2.10. The van der Waals surface area contributed by atoms with E-state index in [1.807, 2.05) is 25.1 Å². The Morgan fingerprint density at radius 2 is 2.05 bits per heavy atom. The van der Waals surface area contributed by atoms with Gasteiger partial charge in [-0.15, -0.1) is 0 Å². The molecule has 0 atom stereocenters. The van der Waals surface area contributed by atoms with E-state index in [9.17, 15) is 4.39 Å². The number of ether oxygens (including phenoxy) is 1. The van der Waals surface area contributed by atoms with Crippen LogP contribution in [0.3, 0.4) is 0 Å². The van der Waals surface area contributed by atoms with Crippen molar-refractivity contribution in [2.75, 3.05) is 7.11 Å². The van der Waals surface area contributed by atoms with Crippen molar-refractivity contribution in [1.29, 1.82) is 0 Å². The van der Waals surface area contributed by atoms with Gasteiger partial charge in [0.2, 0.25) is 0 Å². The molecule has 19 heavy (non-hydrogen) atoms. The Morgan fingerprint density at radius 1 is 1.21 bits per heavy atom. The Morgan fingerprint density at radius 3 is 2.79 bits per heavy atom. The zero-order valence-electron chi connectivity index (χ0n) is 10.7. The van der Waals surface area contributed by atoms with E-state index in [0.29, 0.717) is 16.9 Å². The first kappa shape index (κ1) is 11.7. The summed E-state index contributed by atoms with van der Waals surface area (Å²) in [6.45, 7) is 1.97. The summed E-state index contributed by atoms with van der Waals surface area (Å²) in [6, 6.07) is 10.7. The zero-order valence-corrected chi connectivity index (χ0v) is 10.7. The maximum Gasteiger partial charge on any atom is 0.151 e. The van der Waals surface area contributed by atoms with E-state index < -0.39 is 0 Å². The third-order valence-corrected chi connectivity index (χ3v) is 3.14. The number of nitrogens with zero attached hydrogens (tertiary/aromatic N) is 1. The monoisotopic (exact) mass is 256 g/mol. The summed E-state index contributed by atoms with van der Waals surface area (Å²) in [5, 5.41) is 0. The average Bonchev–Trinajstić information content (AvgIpc) is 2.85. The van der Waals surface area contributed by atoms with E-state index in [1.165, 1.54) is 6.07 Å². The zero-order chi connectivity index (χ0) is 13.4. The molecule has 1 heterocycles. The van der Waals surface area contributed by atoms with Crippen molar-refractivity contribution in [3.8, 4) is 17.1 Å². The van der Waals surface area contributed by atoms with Gasteiger partial charge in [-0.3, -0.25) is 0 Å². The second-order valence-electron chi connectivity index (χ2n) is 4.41. The van der Waals surface area contributed by atoms with Gasteiger partial charge >= 0.3 is 0 Å². The molecule has 0 amide bonds. The van der Waals surface area contributed by atoms with E-state index in [4.69, 9.17) is 4.74 Å². The topological polar surface area (TPSA) is 37.9 Å². The van der Waals surface area contributed by atoms with Crippen LogP contribution in [0.1, 0.15) is 5.56 Å². The minimum atomic E-state index is -0.320. The van der Waals surface area contributed by atoms with Crippen molar-refractivity contribution < 1.29 is 9.13 Å². The molecule has 0 unspecified atom stereocenters. The second-order valence-corrected chi connectivity index (χ2v) is 4.41. The number of benzene rings is 2. The highest BCUT2D eigenvalue weighted by atomic mass is 19.1. The lowest BCUT2D eigenvalue weighted by molar-refractivity contribution is 0.412. The van der Waals surface area contributed by atoms with E-state index in [1.54, 1.807) is 19.2 Å². The molecule has 96 valence electrons. The van der Waals surface area contributed by atoms with Crippen LogP contribution in [0.4, 0.5) is 4.39 Å². The van der Waals surface area contributed by atoms with Crippen LogP contribution in [0.15, 0.2) is 36.4 Å². The van der Waals surface area contributed by atoms with Crippen molar-refractivity contribution in [2.24, 2.45) is 0 Å². The first-order valence-corrected chi connectivity index (χ1v) is 5.98. The number of aromatic amines is 1. The number of aryl methyl sites for hydroxylation is 1. The molecule has 0 radical (unpaired) electrons. The van der Waals surface area contributed by atoms with Gasteiger partial charge in [0.1, 0.15) is 17.1 Å². The summed E-state index contributed by atoms with van der Waals surface area (Å²) in [5.74, 6) is 1.11. The molecule has 0 aliphatic carbocycles. The van der Waals surface area contributed by atoms with Gasteiger partial charge < -0.3 is 9.72 Å². The summed E-state index contributed by atoms with van der Waals surface area (Å²) < 4.78 is 18.9. The Kier molecular flexibility index (Phi) is 2.71. The molecule has 0 saturated heterocycles. The van der Waals surface area contributed by atoms with E-state index >= 15 is 0 Å². The number of imidazole rings is 1. The molecular weight excluding hydrogens is 243 g/mol. The van der Waals surface area contributed by atoms with Crippen LogP contribution in [0.25, 0.3) is 22.4 Å². The number of hydrogen-bond acceptors (Lipinski definition) is 2. The fourth-order valence-corrected chi connectivity index (χ4v) is 2.10. The summed E-state index contributed by atoms with van der Waals surface area (Å²) in [5.41, 5.74) is 2.97. The maximum atomic E-state index is 13.6. The predicted molar refractivity (Wildman–Crippen MR) is 72.8 cm³/mol. The highest BCUT2D eigenvalue weighted by Crippen LogP contribution is 2.27. The lowest BCUT2D eigenvalue weighted by Gasteiger charge is -2.05. The molecule has 1 N–H and O–H groups in total. The van der Waals surface area contributed by atoms with Crippen molar-refractivity contribution in [1.82, 2.24) is 9.97 Å². The smallest absolute Gasteiger partial charge is 0.151 e. The highest BCUT2D eigenvalue weighted by molar-refractivity contribution is 5.80. The fourth-order valence-electron chi connectivity index (χ4n) is 2.10. The maximum absolute atomic E-state index is 13.6. The van der Waals surface area contributed by atoms with Crippen molar-refractivity contribution in [2.45, 2.75) is 6.92 Å². The number of methoxy groups -OCH3 is 1. The normalized spacial score (nSPS) is 10.9. The number of hydrogen-bond donors (Lipinski definition) is 1. The van der Waals surface area contributed by atoms with Crippen LogP contribution in [-0.2, 0) is 0 Å². The number of nitrogens with one attached hydrogen (secondary N) is 1. The van der Waals surface area contributed by atoms with E-state index in [-0.39, 0.29) is 5.82 Å². The van der Waals surface area contributed by atoms with Crippen molar-refractivity contribution >= 4 is 11.0 Å². The van der Waals surface area contributed by atoms with Gasteiger partial charge in [0.05, 0.1) is 12.6 Å². The number of H-pyrrole nitrogens is 1. The van der Waals surface area contributed by atoms with Gasteiger partial charge in [-0.1, -0.05) is 18.2 Å². The standard InChI is InChI=1S/C15H13FN2O/c1-9-6-7-10(8-13(9)19-2)15-17-12-5-3-4-11(16)14(12)18-15/h3-8H,1-2H3,(H,17,18). The van der Waals surface area contributed by atoms with Crippen LogP contribution < -0.4 is 4.74 Å². The summed E-state index contributed by atoms with van der Waals surface area (Å²) in [4.78, 5) is 7.42. The first-order valence-electron chi connectivity index (χ1n) is 5.98. The Bertz CT molecular complexity index is 749. The molecule has 0 spiro atoms. The van der Waals surface area contributed by atoms with E-state index in [0.717, 1.165) is 16.9 Å². The predicted octanol–water partition coefficient (Wildman–Crippen LogP) is 3.69. The van der Waals surface area contributed by atoms with Crippen LogP contribution in [0, 0.1) is 12.7 Å². The number of rotatable bonds is 2. The van der Waals surface area contributed by atoms with Gasteiger partial charge in [-0.05, 0) is 30.7 Å². The van der Waals surface area contributed by atoms with Crippen LogP contribution in [-0.4, -0.2) is 17.1 Å².